The monoisotopic (exact) mass is 308 g/mol. The molecule has 0 spiro atoms. The minimum atomic E-state index is -0.376. The molecule has 1 aromatic heterocycles. The number of halogens is 1. The van der Waals surface area contributed by atoms with Crippen LogP contribution in [0, 0.1) is 11.7 Å². The highest BCUT2D eigenvalue weighted by molar-refractivity contribution is 5.79. The average Bonchev–Trinajstić information content (AvgIpc) is 2.49. The highest BCUT2D eigenvalue weighted by atomic mass is 19.1. The van der Waals surface area contributed by atoms with Crippen LogP contribution in [0.25, 0.3) is 0 Å². The van der Waals surface area contributed by atoms with Crippen molar-refractivity contribution in [1.29, 1.82) is 0 Å². The van der Waals surface area contributed by atoms with Crippen molar-refractivity contribution in [3.05, 3.63) is 17.8 Å². The van der Waals surface area contributed by atoms with E-state index in [0.29, 0.717) is 18.5 Å². The summed E-state index contributed by atoms with van der Waals surface area (Å²) in [5.74, 6) is -0.0383. The van der Waals surface area contributed by atoms with Crippen LogP contribution in [-0.4, -0.2) is 28.0 Å². The molecule has 2 N–H and O–H groups in total. The van der Waals surface area contributed by atoms with E-state index < -0.39 is 0 Å². The summed E-state index contributed by atoms with van der Waals surface area (Å²) in [6.07, 6.45) is 5.41. The van der Waals surface area contributed by atoms with Crippen molar-refractivity contribution in [2.45, 2.75) is 65.0 Å². The van der Waals surface area contributed by atoms with Crippen LogP contribution in [0.4, 0.5) is 10.2 Å². The highest BCUT2D eigenvalue weighted by Gasteiger charge is 2.28. The van der Waals surface area contributed by atoms with Crippen LogP contribution in [-0.2, 0) is 11.2 Å². The van der Waals surface area contributed by atoms with Crippen LogP contribution in [0.5, 0.6) is 0 Å². The third-order valence-corrected chi connectivity index (χ3v) is 4.01. The first kappa shape index (κ1) is 16.6. The summed E-state index contributed by atoms with van der Waals surface area (Å²) in [7, 11) is 0. The van der Waals surface area contributed by atoms with E-state index in [4.69, 9.17) is 0 Å². The molecule has 1 fully saturated rings. The Labute approximate surface area is 131 Å². The molecule has 1 aromatic rings. The van der Waals surface area contributed by atoms with Gasteiger partial charge in [-0.25, -0.2) is 14.4 Å². The Kier molecular flexibility index (Phi) is 5.69. The van der Waals surface area contributed by atoms with Crippen molar-refractivity contribution in [2.75, 3.05) is 5.32 Å². The van der Waals surface area contributed by atoms with Gasteiger partial charge in [0.2, 0.25) is 5.91 Å². The predicted molar refractivity (Wildman–Crippen MR) is 84.0 cm³/mol. The van der Waals surface area contributed by atoms with Crippen molar-refractivity contribution in [2.24, 2.45) is 5.92 Å². The Morgan fingerprint density at radius 1 is 1.41 bits per heavy atom. The molecule has 1 heterocycles. The second-order valence-corrected chi connectivity index (χ2v) is 6.20. The first-order valence-corrected chi connectivity index (χ1v) is 8.07. The van der Waals surface area contributed by atoms with Gasteiger partial charge >= 0.3 is 0 Å². The molecule has 1 aliphatic carbocycles. The molecular weight excluding hydrogens is 283 g/mol. The fourth-order valence-corrected chi connectivity index (χ4v) is 2.91. The summed E-state index contributed by atoms with van der Waals surface area (Å²) in [6, 6.07) is 0.220. The lowest BCUT2D eigenvalue weighted by Crippen LogP contribution is -2.40. The van der Waals surface area contributed by atoms with Crippen LogP contribution in [0.3, 0.4) is 0 Å². The number of nitrogens with zero attached hydrogens (tertiary/aromatic N) is 2. The van der Waals surface area contributed by atoms with E-state index in [1.54, 1.807) is 0 Å². The molecule has 1 aliphatic rings. The molecule has 1 saturated carbocycles. The number of carbonyl (C=O) groups is 1. The number of carbonyl (C=O) groups excluding carboxylic acids is 1. The molecule has 2 atom stereocenters. The zero-order valence-corrected chi connectivity index (χ0v) is 13.5. The molecule has 6 heteroatoms. The van der Waals surface area contributed by atoms with Crippen LogP contribution in [0.15, 0.2) is 6.33 Å². The SMILES string of the molecule is CCc1ncnc(NC2CCCC(C(=O)NC(C)C)C2)c1F. The summed E-state index contributed by atoms with van der Waals surface area (Å²) in [6.45, 7) is 5.78. The third kappa shape index (κ3) is 4.15. The lowest BCUT2D eigenvalue weighted by molar-refractivity contribution is -0.126. The second kappa shape index (κ2) is 7.51. The third-order valence-electron chi connectivity index (χ3n) is 4.01. The number of hydrogen-bond donors (Lipinski definition) is 2. The van der Waals surface area contributed by atoms with Crippen LogP contribution >= 0.6 is 0 Å². The molecule has 2 rings (SSSR count). The van der Waals surface area contributed by atoms with Gasteiger partial charge in [-0.1, -0.05) is 13.3 Å². The quantitative estimate of drug-likeness (QED) is 0.877. The fourth-order valence-electron chi connectivity index (χ4n) is 2.91. The number of nitrogens with one attached hydrogen (secondary N) is 2. The molecular formula is C16H25FN4O. The molecule has 0 radical (unpaired) electrons. The Hall–Kier alpha value is -1.72. The maximum atomic E-state index is 14.2. The number of rotatable bonds is 5. The fraction of sp³-hybridized carbons (Fsp3) is 0.688. The molecule has 0 saturated heterocycles. The Balaban J connectivity index is 2.00. The topological polar surface area (TPSA) is 66.9 Å². The number of amides is 1. The Morgan fingerprint density at radius 3 is 2.86 bits per heavy atom. The summed E-state index contributed by atoms with van der Waals surface area (Å²) in [5, 5.41) is 6.12. The minimum absolute atomic E-state index is 0.0100. The number of aromatic nitrogens is 2. The van der Waals surface area contributed by atoms with E-state index in [2.05, 4.69) is 20.6 Å². The van der Waals surface area contributed by atoms with Gasteiger partial charge in [-0.15, -0.1) is 0 Å². The number of anilines is 1. The van der Waals surface area contributed by atoms with Gasteiger partial charge in [-0.3, -0.25) is 4.79 Å². The van der Waals surface area contributed by atoms with Crippen molar-refractivity contribution >= 4 is 11.7 Å². The van der Waals surface area contributed by atoms with Crippen LogP contribution < -0.4 is 10.6 Å². The van der Waals surface area contributed by atoms with Gasteiger partial charge in [-0.05, 0) is 39.5 Å². The van der Waals surface area contributed by atoms with Crippen LogP contribution in [0.2, 0.25) is 0 Å². The van der Waals surface area contributed by atoms with E-state index in [1.807, 2.05) is 20.8 Å². The Bertz CT molecular complexity index is 521. The average molecular weight is 308 g/mol. The molecule has 2 unspecified atom stereocenters. The first-order valence-electron chi connectivity index (χ1n) is 8.07. The predicted octanol–water partition coefficient (Wildman–Crippen LogP) is 2.67. The zero-order valence-electron chi connectivity index (χ0n) is 13.5. The first-order chi connectivity index (χ1) is 10.5. The van der Waals surface area contributed by atoms with Gasteiger partial charge < -0.3 is 10.6 Å². The van der Waals surface area contributed by atoms with Crippen molar-refractivity contribution in [1.82, 2.24) is 15.3 Å². The molecule has 122 valence electrons. The maximum absolute atomic E-state index is 14.2. The maximum Gasteiger partial charge on any atom is 0.223 e. The van der Waals surface area contributed by atoms with Gasteiger partial charge in [0.15, 0.2) is 11.6 Å². The number of aryl methyl sites for hydroxylation is 1. The molecule has 5 nitrogen and oxygen atoms in total. The molecule has 22 heavy (non-hydrogen) atoms. The normalized spacial score (nSPS) is 21.7. The van der Waals surface area contributed by atoms with Gasteiger partial charge in [0.1, 0.15) is 6.33 Å². The summed E-state index contributed by atoms with van der Waals surface area (Å²) in [5.41, 5.74) is 0.419. The van der Waals surface area contributed by atoms with Gasteiger partial charge in [-0.2, -0.15) is 0 Å². The molecule has 1 amide bonds. The highest BCUT2D eigenvalue weighted by Crippen LogP contribution is 2.27. The second-order valence-electron chi connectivity index (χ2n) is 6.20. The van der Waals surface area contributed by atoms with Crippen molar-refractivity contribution in [3.8, 4) is 0 Å². The summed E-state index contributed by atoms with van der Waals surface area (Å²) >= 11 is 0. The molecule has 0 aromatic carbocycles. The van der Waals surface area contributed by atoms with Crippen molar-refractivity contribution < 1.29 is 9.18 Å². The number of hydrogen-bond acceptors (Lipinski definition) is 4. The summed E-state index contributed by atoms with van der Waals surface area (Å²) < 4.78 is 14.2. The van der Waals surface area contributed by atoms with E-state index in [1.165, 1.54) is 6.33 Å². The smallest absolute Gasteiger partial charge is 0.223 e. The summed E-state index contributed by atoms with van der Waals surface area (Å²) in [4.78, 5) is 20.1. The lowest BCUT2D eigenvalue weighted by Gasteiger charge is -2.30. The van der Waals surface area contributed by atoms with Crippen molar-refractivity contribution in [3.63, 3.8) is 0 Å². The molecule has 0 aliphatic heterocycles. The van der Waals surface area contributed by atoms with E-state index >= 15 is 0 Å². The Morgan fingerprint density at radius 2 is 2.18 bits per heavy atom. The van der Waals surface area contributed by atoms with Gasteiger partial charge in [0, 0.05) is 18.0 Å². The zero-order chi connectivity index (χ0) is 16.1. The largest absolute Gasteiger partial charge is 0.365 e. The minimum Gasteiger partial charge on any atom is -0.365 e. The van der Waals surface area contributed by atoms with E-state index in [-0.39, 0.29) is 35.5 Å². The van der Waals surface area contributed by atoms with Crippen LogP contribution in [0.1, 0.15) is 52.1 Å². The van der Waals surface area contributed by atoms with Gasteiger partial charge in [0.25, 0.3) is 0 Å². The standard InChI is InChI=1S/C16H25FN4O/c1-4-13-14(17)15(19-9-18-13)21-12-7-5-6-11(8-12)16(22)20-10(2)3/h9-12H,4-8H2,1-3H3,(H,20,22)(H,18,19,21). The lowest BCUT2D eigenvalue weighted by atomic mass is 9.85. The van der Waals surface area contributed by atoms with E-state index in [9.17, 15) is 9.18 Å². The van der Waals surface area contributed by atoms with E-state index in [0.717, 1.165) is 19.3 Å². The van der Waals surface area contributed by atoms with Gasteiger partial charge in [0.05, 0.1) is 5.69 Å². The molecule has 0 bridgehead atoms.